The van der Waals surface area contributed by atoms with E-state index in [1.807, 2.05) is 52.0 Å². The highest BCUT2D eigenvalue weighted by atomic mass is 16.1. The minimum atomic E-state index is -0.0349. The molecular weight excluding hydrogens is 358 g/mol. The van der Waals surface area contributed by atoms with Gasteiger partial charge in [0.1, 0.15) is 0 Å². The molecule has 1 saturated carbocycles. The molecule has 3 heteroatoms. The Morgan fingerprint density at radius 3 is 1.93 bits per heavy atom. The number of hydrogen-bond acceptors (Lipinski definition) is 2. The molecule has 29 heavy (non-hydrogen) atoms. The standard InChI is InChI=1S/C14H17NO2.C7H14.C3H4.C2H6/c1-10(2)14(17)15-13-8-6-12(7-9-13)5-4-11(3)16;1-7-5-3-2-4-6-7;1-3-2;1-2/h4-10H,1-3H3,(H,15,17);7H,2-6H2,1H3;1H,2H3;1-2H3/b5-4+;;;. The third-order valence-electron chi connectivity index (χ3n) is 4.11. The number of amides is 1. The average Bonchev–Trinajstić information content (AvgIpc) is 2.70. The summed E-state index contributed by atoms with van der Waals surface area (Å²) in [7, 11) is 0. The van der Waals surface area contributed by atoms with Crippen molar-refractivity contribution >= 4 is 23.5 Å². The van der Waals surface area contributed by atoms with Crippen LogP contribution in [-0.2, 0) is 9.59 Å². The highest BCUT2D eigenvalue weighted by Crippen LogP contribution is 2.22. The zero-order valence-corrected chi connectivity index (χ0v) is 19.5. The van der Waals surface area contributed by atoms with Crippen molar-refractivity contribution in [3.8, 4) is 12.3 Å². The zero-order chi connectivity index (χ0) is 22.7. The third kappa shape index (κ3) is 17.5. The minimum absolute atomic E-state index is 0.00275. The molecule has 1 aliphatic rings. The van der Waals surface area contributed by atoms with Gasteiger partial charge in [-0.1, -0.05) is 84.9 Å². The minimum Gasteiger partial charge on any atom is -0.326 e. The van der Waals surface area contributed by atoms with Crippen molar-refractivity contribution < 1.29 is 9.59 Å². The van der Waals surface area contributed by atoms with Gasteiger partial charge in [-0.15, -0.1) is 12.3 Å². The van der Waals surface area contributed by atoms with E-state index in [4.69, 9.17) is 0 Å². The molecule has 0 atom stereocenters. The maximum absolute atomic E-state index is 11.4. The third-order valence-corrected chi connectivity index (χ3v) is 4.11. The van der Waals surface area contributed by atoms with Gasteiger partial charge >= 0.3 is 0 Å². The fraction of sp³-hybridized carbons (Fsp3) is 0.538. The van der Waals surface area contributed by atoms with Crippen LogP contribution in [0.2, 0.25) is 0 Å². The Bertz CT molecular complexity index is 615. The normalized spacial score (nSPS) is 12.9. The van der Waals surface area contributed by atoms with Crippen LogP contribution >= 0.6 is 0 Å². The summed E-state index contributed by atoms with van der Waals surface area (Å²) in [5.41, 5.74) is 1.70. The molecule has 1 amide bonds. The van der Waals surface area contributed by atoms with Gasteiger partial charge in [0.05, 0.1) is 0 Å². The summed E-state index contributed by atoms with van der Waals surface area (Å²) in [6.07, 6.45) is 15.3. The largest absolute Gasteiger partial charge is 0.326 e. The molecule has 1 aromatic carbocycles. The van der Waals surface area contributed by atoms with E-state index in [9.17, 15) is 9.59 Å². The topological polar surface area (TPSA) is 46.2 Å². The average molecular weight is 400 g/mol. The van der Waals surface area contributed by atoms with Crippen molar-refractivity contribution in [2.24, 2.45) is 11.8 Å². The zero-order valence-electron chi connectivity index (χ0n) is 19.5. The molecule has 0 aromatic heterocycles. The number of hydrogen-bond donors (Lipinski definition) is 1. The molecule has 2 rings (SSSR count). The number of carbonyl (C=O) groups excluding carboxylic acids is 2. The summed E-state index contributed by atoms with van der Waals surface area (Å²) in [4.78, 5) is 22.2. The van der Waals surface area contributed by atoms with Crippen LogP contribution < -0.4 is 5.32 Å². The van der Waals surface area contributed by atoms with Crippen molar-refractivity contribution in [1.29, 1.82) is 0 Å². The lowest BCUT2D eigenvalue weighted by molar-refractivity contribution is -0.119. The van der Waals surface area contributed by atoms with Gasteiger partial charge < -0.3 is 5.32 Å². The molecule has 0 heterocycles. The number of terminal acetylenes is 1. The SMILES string of the molecule is C#CC.CC.CC(=O)/C=C/c1ccc(NC(=O)C(C)C)cc1.CC1CCCCC1. The number of nitrogens with one attached hydrogen (secondary N) is 1. The summed E-state index contributed by atoms with van der Waals surface area (Å²) in [5.74, 6) is 3.26. The number of carbonyl (C=O) groups is 2. The molecule has 0 aliphatic heterocycles. The Morgan fingerprint density at radius 1 is 1.10 bits per heavy atom. The van der Waals surface area contributed by atoms with Gasteiger partial charge in [-0.25, -0.2) is 0 Å². The predicted octanol–water partition coefficient (Wildman–Crippen LogP) is 7.14. The van der Waals surface area contributed by atoms with Gasteiger partial charge in [0.2, 0.25) is 5.91 Å². The van der Waals surface area contributed by atoms with Crippen molar-refractivity contribution in [2.45, 2.75) is 80.6 Å². The number of rotatable bonds is 4. The van der Waals surface area contributed by atoms with E-state index in [-0.39, 0.29) is 17.6 Å². The van der Waals surface area contributed by atoms with Crippen LogP contribution in [0.4, 0.5) is 5.69 Å². The molecule has 0 unspecified atom stereocenters. The molecule has 1 aromatic rings. The Balaban J connectivity index is 0. The number of ketones is 1. The highest BCUT2D eigenvalue weighted by Gasteiger charge is 2.06. The lowest BCUT2D eigenvalue weighted by Gasteiger charge is -2.15. The van der Waals surface area contributed by atoms with E-state index in [2.05, 4.69) is 24.6 Å². The first kappa shape index (κ1) is 28.9. The molecule has 0 radical (unpaired) electrons. The monoisotopic (exact) mass is 399 g/mol. The molecule has 0 spiro atoms. The summed E-state index contributed by atoms with van der Waals surface area (Å²) in [6.45, 7) is 13.2. The van der Waals surface area contributed by atoms with Crippen LogP contribution in [0.1, 0.15) is 86.1 Å². The lowest BCUT2D eigenvalue weighted by Crippen LogP contribution is -2.17. The second-order valence-electron chi connectivity index (χ2n) is 7.24. The first-order valence-corrected chi connectivity index (χ1v) is 10.8. The maximum atomic E-state index is 11.4. The molecule has 1 fully saturated rings. The van der Waals surface area contributed by atoms with Gasteiger partial charge in [-0.05, 0) is 43.5 Å². The van der Waals surface area contributed by atoms with Crippen LogP contribution in [0.5, 0.6) is 0 Å². The Labute approximate surface area is 179 Å². The second-order valence-corrected chi connectivity index (χ2v) is 7.24. The second kappa shape index (κ2) is 19.0. The van der Waals surface area contributed by atoms with E-state index in [1.54, 1.807) is 13.0 Å². The molecular formula is C26H41NO2. The Hall–Kier alpha value is -2.34. The van der Waals surface area contributed by atoms with E-state index in [0.29, 0.717) is 0 Å². The highest BCUT2D eigenvalue weighted by molar-refractivity contribution is 5.93. The molecule has 0 bridgehead atoms. The molecule has 3 nitrogen and oxygen atoms in total. The van der Waals surface area contributed by atoms with Gasteiger partial charge in [0, 0.05) is 11.6 Å². The van der Waals surface area contributed by atoms with E-state index in [1.165, 1.54) is 45.1 Å². The predicted molar refractivity (Wildman–Crippen MR) is 128 cm³/mol. The summed E-state index contributed by atoms with van der Waals surface area (Å²) < 4.78 is 0. The summed E-state index contributed by atoms with van der Waals surface area (Å²) in [6, 6.07) is 7.35. The van der Waals surface area contributed by atoms with Gasteiger partial charge in [0.15, 0.2) is 5.78 Å². The molecule has 1 aliphatic carbocycles. The van der Waals surface area contributed by atoms with Crippen LogP contribution in [0, 0.1) is 24.2 Å². The maximum Gasteiger partial charge on any atom is 0.226 e. The molecule has 162 valence electrons. The van der Waals surface area contributed by atoms with Crippen molar-refractivity contribution in [3.05, 3.63) is 35.9 Å². The Morgan fingerprint density at radius 2 is 1.59 bits per heavy atom. The number of anilines is 1. The summed E-state index contributed by atoms with van der Waals surface area (Å²) in [5, 5.41) is 2.80. The van der Waals surface area contributed by atoms with Crippen molar-refractivity contribution in [3.63, 3.8) is 0 Å². The van der Waals surface area contributed by atoms with Crippen molar-refractivity contribution in [1.82, 2.24) is 0 Å². The van der Waals surface area contributed by atoms with Gasteiger partial charge in [0.25, 0.3) is 0 Å². The quantitative estimate of drug-likeness (QED) is 0.432. The van der Waals surface area contributed by atoms with Crippen molar-refractivity contribution in [2.75, 3.05) is 5.32 Å². The van der Waals surface area contributed by atoms with Crippen LogP contribution in [0.15, 0.2) is 30.3 Å². The fourth-order valence-electron chi connectivity index (χ4n) is 2.48. The van der Waals surface area contributed by atoms with E-state index in [0.717, 1.165) is 17.2 Å². The lowest BCUT2D eigenvalue weighted by atomic mass is 9.91. The van der Waals surface area contributed by atoms with Gasteiger partial charge in [-0.2, -0.15) is 0 Å². The fourth-order valence-corrected chi connectivity index (χ4v) is 2.48. The van der Waals surface area contributed by atoms with Crippen LogP contribution in [0.3, 0.4) is 0 Å². The van der Waals surface area contributed by atoms with Crippen LogP contribution in [-0.4, -0.2) is 11.7 Å². The van der Waals surface area contributed by atoms with Crippen LogP contribution in [0.25, 0.3) is 6.08 Å². The molecule has 1 N–H and O–H groups in total. The summed E-state index contributed by atoms with van der Waals surface area (Å²) >= 11 is 0. The van der Waals surface area contributed by atoms with Gasteiger partial charge in [-0.3, -0.25) is 9.59 Å². The number of benzene rings is 1. The first-order valence-electron chi connectivity index (χ1n) is 10.8. The Kier molecular flexibility index (Phi) is 18.9. The van der Waals surface area contributed by atoms with E-state index >= 15 is 0 Å². The first-order chi connectivity index (χ1) is 13.8. The smallest absolute Gasteiger partial charge is 0.226 e. The molecule has 0 saturated heterocycles. The van der Waals surface area contributed by atoms with E-state index < -0.39 is 0 Å². The number of allylic oxidation sites excluding steroid dienone is 1.